The summed E-state index contributed by atoms with van der Waals surface area (Å²) in [5.41, 5.74) is 4.38. The third-order valence-corrected chi connectivity index (χ3v) is 4.77. The average Bonchev–Trinajstić information content (AvgIpc) is 2.46. The molecule has 3 rings (SSSR count). The van der Waals surface area contributed by atoms with E-state index in [1.165, 1.54) is 49.9 Å². The molecule has 1 aromatic rings. The van der Waals surface area contributed by atoms with Gasteiger partial charge in [-0.05, 0) is 54.9 Å². The quantitative estimate of drug-likeness (QED) is 0.915. The van der Waals surface area contributed by atoms with Crippen LogP contribution < -0.4 is 5.32 Å². The summed E-state index contributed by atoms with van der Waals surface area (Å²) >= 11 is 6.45. The highest BCUT2D eigenvalue weighted by Gasteiger charge is 2.14. The Morgan fingerprint density at radius 1 is 1.05 bits per heavy atom. The number of benzene rings is 1. The van der Waals surface area contributed by atoms with Crippen LogP contribution in [0.4, 0.5) is 0 Å². The van der Waals surface area contributed by atoms with Crippen molar-refractivity contribution in [1.29, 1.82) is 0 Å². The maximum absolute atomic E-state index is 6.45. The molecule has 0 aromatic heterocycles. The standard InChI is InChI=1S/C16H23ClN2/c17-16-12-14-4-2-1-3-13(14)11-15(16)5-8-19-9-6-18-7-10-19/h11-12,18H,1-10H2. The molecule has 1 aromatic carbocycles. The first-order chi connectivity index (χ1) is 9.33. The lowest BCUT2D eigenvalue weighted by atomic mass is 9.90. The summed E-state index contributed by atoms with van der Waals surface area (Å²) in [6, 6.07) is 4.60. The number of hydrogen-bond acceptors (Lipinski definition) is 2. The summed E-state index contributed by atoms with van der Waals surface area (Å²) in [5, 5.41) is 4.38. The van der Waals surface area contributed by atoms with Crippen LogP contribution in [0.3, 0.4) is 0 Å². The van der Waals surface area contributed by atoms with Crippen LogP contribution in [0.5, 0.6) is 0 Å². The van der Waals surface area contributed by atoms with Crippen LogP contribution in [0.1, 0.15) is 29.5 Å². The van der Waals surface area contributed by atoms with E-state index in [9.17, 15) is 0 Å². The Labute approximate surface area is 121 Å². The summed E-state index contributed by atoms with van der Waals surface area (Å²) in [6.07, 6.45) is 6.21. The van der Waals surface area contributed by atoms with E-state index in [2.05, 4.69) is 22.3 Å². The molecule has 1 aliphatic carbocycles. The fraction of sp³-hybridized carbons (Fsp3) is 0.625. The Bertz CT molecular complexity index is 439. The van der Waals surface area contributed by atoms with Crippen LogP contribution in [-0.2, 0) is 19.3 Å². The van der Waals surface area contributed by atoms with Gasteiger partial charge in [0.05, 0.1) is 0 Å². The van der Waals surface area contributed by atoms with Crippen molar-refractivity contribution in [2.75, 3.05) is 32.7 Å². The summed E-state index contributed by atoms with van der Waals surface area (Å²) < 4.78 is 0. The minimum Gasteiger partial charge on any atom is -0.314 e. The van der Waals surface area contributed by atoms with E-state index < -0.39 is 0 Å². The second kappa shape index (κ2) is 6.25. The van der Waals surface area contributed by atoms with Crippen molar-refractivity contribution in [3.63, 3.8) is 0 Å². The summed E-state index contributed by atoms with van der Waals surface area (Å²) in [6.45, 7) is 5.72. The predicted molar refractivity (Wildman–Crippen MR) is 81.1 cm³/mol. The maximum atomic E-state index is 6.45. The lowest BCUT2D eigenvalue weighted by Gasteiger charge is -2.27. The van der Waals surface area contributed by atoms with Gasteiger partial charge >= 0.3 is 0 Å². The molecule has 1 saturated heterocycles. The van der Waals surface area contributed by atoms with E-state index in [4.69, 9.17) is 11.6 Å². The van der Waals surface area contributed by atoms with Crippen molar-refractivity contribution in [3.05, 3.63) is 33.8 Å². The number of nitrogens with one attached hydrogen (secondary N) is 1. The molecular weight excluding hydrogens is 256 g/mol. The van der Waals surface area contributed by atoms with E-state index >= 15 is 0 Å². The third-order valence-electron chi connectivity index (χ3n) is 4.42. The van der Waals surface area contributed by atoms with Gasteiger partial charge in [0.2, 0.25) is 0 Å². The highest BCUT2D eigenvalue weighted by atomic mass is 35.5. The molecule has 0 bridgehead atoms. The van der Waals surface area contributed by atoms with Gasteiger partial charge in [-0.2, -0.15) is 0 Å². The monoisotopic (exact) mass is 278 g/mol. The molecule has 2 aliphatic rings. The second-order valence-corrected chi connectivity index (χ2v) is 6.17. The van der Waals surface area contributed by atoms with Crippen molar-refractivity contribution in [3.8, 4) is 0 Å². The fourth-order valence-corrected chi connectivity index (χ4v) is 3.49. The normalized spacial score (nSPS) is 20.3. The zero-order valence-corrected chi connectivity index (χ0v) is 12.3. The molecule has 0 unspecified atom stereocenters. The van der Waals surface area contributed by atoms with Crippen molar-refractivity contribution >= 4 is 11.6 Å². The third kappa shape index (κ3) is 3.31. The van der Waals surface area contributed by atoms with E-state index in [1.807, 2.05) is 0 Å². The molecule has 0 spiro atoms. The van der Waals surface area contributed by atoms with Crippen molar-refractivity contribution < 1.29 is 0 Å². The number of halogens is 1. The van der Waals surface area contributed by atoms with Crippen LogP contribution in [-0.4, -0.2) is 37.6 Å². The molecule has 2 nitrogen and oxygen atoms in total. The van der Waals surface area contributed by atoms with Gasteiger partial charge in [-0.25, -0.2) is 0 Å². The minimum absolute atomic E-state index is 0.982. The smallest absolute Gasteiger partial charge is 0.0441 e. The Kier molecular flexibility index (Phi) is 4.42. The molecule has 19 heavy (non-hydrogen) atoms. The zero-order chi connectivity index (χ0) is 13.1. The van der Waals surface area contributed by atoms with Gasteiger partial charge in [0, 0.05) is 37.7 Å². The minimum atomic E-state index is 0.982. The molecule has 0 radical (unpaired) electrons. The summed E-state index contributed by atoms with van der Waals surface area (Å²) in [5.74, 6) is 0. The van der Waals surface area contributed by atoms with E-state index in [1.54, 1.807) is 5.56 Å². The summed E-state index contributed by atoms with van der Waals surface area (Å²) in [7, 11) is 0. The fourth-order valence-electron chi connectivity index (χ4n) is 3.21. The Balaban J connectivity index is 1.66. The first kappa shape index (κ1) is 13.4. The van der Waals surface area contributed by atoms with Gasteiger partial charge in [-0.3, -0.25) is 0 Å². The number of rotatable bonds is 3. The average molecular weight is 279 g/mol. The van der Waals surface area contributed by atoms with Gasteiger partial charge in [-0.15, -0.1) is 0 Å². The Hall–Kier alpha value is -0.570. The van der Waals surface area contributed by atoms with Crippen LogP contribution in [0, 0.1) is 0 Å². The molecule has 1 heterocycles. The number of aryl methyl sites for hydroxylation is 2. The summed E-state index contributed by atoms with van der Waals surface area (Å²) in [4.78, 5) is 2.53. The zero-order valence-electron chi connectivity index (χ0n) is 11.6. The van der Waals surface area contributed by atoms with Gasteiger partial charge in [0.15, 0.2) is 0 Å². The number of fused-ring (bicyclic) bond motifs is 1. The number of hydrogen-bond donors (Lipinski definition) is 1. The van der Waals surface area contributed by atoms with Crippen molar-refractivity contribution in [1.82, 2.24) is 10.2 Å². The number of nitrogens with zero attached hydrogens (tertiary/aromatic N) is 1. The Morgan fingerprint density at radius 3 is 2.47 bits per heavy atom. The first-order valence-corrected chi connectivity index (χ1v) is 7.94. The second-order valence-electron chi connectivity index (χ2n) is 5.76. The van der Waals surface area contributed by atoms with Crippen molar-refractivity contribution in [2.24, 2.45) is 0 Å². The molecule has 1 N–H and O–H groups in total. The van der Waals surface area contributed by atoms with Crippen LogP contribution in [0.2, 0.25) is 5.02 Å². The topological polar surface area (TPSA) is 15.3 Å². The molecule has 104 valence electrons. The lowest BCUT2D eigenvalue weighted by Crippen LogP contribution is -2.44. The molecule has 1 aliphatic heterocycles. The highest BCUT2D eigenvalue weighted by Crippen LogP contribution is 2.28. The molecule has 3 heteroatoms. The van der Waals surface area contributed by atoms with Gasteiger partial charge in [0.1, 0.15) is 0 Å². The molecule has 0 atom stereocenters. The van der Waals surface area contributed by atoms with E-state index in [0.29, 0.717) is 0 Å². The SMILES string of the molecule is Clc1cc2c(cc1CCN1CCNCC1)CCCC2. The molecular formula is C16H23ClN2. The Morgan fingerprint density at radius 2 is 1.74 bits per heavy atom. The molecule has 0 saturated carbocycles. The molecule has 0 amide bonds. The highest BCUT2D eigenvalue weighted by molar-refractivity contribution is 6.31. The van der Waals surface area contributed by atoms with Crippen LogP contribution >= 0.6 is 11.6 Å². The predicted octanol–water partition coefficient (Wildman–Crippen LogP) is 2.67. The van der Waals surface area contributed by atoms with Crippen LogP contribution in [0.15, 0.2) is 12.1 Å². The van der Waals surface area contributed by atoms with Gasteiger partial charge in [-0.1, -0.05) is 17.7 Å². The van der Waals surface area contributed by atoms with E-state index in [0.717, 1.165) is 31.1 Å². The van der Waals surface area contributed by atoms with Crippen LogP contribution in [0.25, 0.3) is 0 Å². The van der Waals surface area contributed by atoms with E-state index in [-0.39, 0.29) is 0 Å². The molecule has 1 fully saturated rings. The van der Waals surface area contributed by atoms with Gasteiger partial charge in [0.25, 0.3) is 0 Å². The van der Waals surface area contributed by atoms with Gasteiger partial charge < -0.3 is 10.2 Å². The number of piperazine rings is 1. The first-order valence-electron chi connectivity index (χ1n) is 7.56. The largest absolute Gasteiger partial charge is 0.314 e. The maximum Gasteiger partial charge on any atom is 0.0441 e. The van der Waals surface area contributed by atoms with Crippen molar-refractivity contribution in [2.45, 2.75) is 32.1 Å². The lowest BCUT2D eigenvalue weighted by molar-refractivity contribution is 0.244.